The van der Waals surface area contributed by atoms with E-state index in [0.29, 0.717) is 13.0 Å². The normalized spacial score (nSPS) is 12.8. The first-order valence-corrected chi connectivity index (χ1v) is 9.93. The molecule has 2 aromatic carbocycles. The van der Waals surface area contributed by atoms with Crippen molar-refractivity contribution in [1.29, 1.82) is 0 Å². The highest BCUT2D eigenvalue weighted by atomic mass is 35.5. The van der Waals surface area contributed by atoms with E-state index in [1.165, 1.54) is 16.7 Å². The van der Waals surface area contributed by atoms with Gasteiger partial charge >= 0.3 is 0 Å². The van der Waals surface area contributed by atoms with Gasteiger partial charge in [0.2, 0.25) is 0 Å². The van der Waals surface area contributed by atoms with Crippen molar-refractivity contribution in [2.24, 2.45) is 0 Å². The highest BCUT2D eigenvalue weighted by Gasteiger charge is 2.22. The number of allylic oxidation sites excluding steroid dienone is 1. The molecular formula is C23H27ClO2. The maximum absolute atomic E-state index is 9.35. The molecule has 0 radical (unpaired) electrons. The molecule has 0 atom stereocenters. The summed E-state index contributed by atoms with van der Waals surface area (Å²) in [6.45, 7) is 5.14. The van der Waals surface area contributed by atoms with Crippen LogP contribution in [0.25, 0.3) is 5.57 Å². The van der Waals surface area contributed by atoms with Crippen LogP contribution >= 0.6 is 11.6 Å². The van der Waals surface area contributed by atoms with Crippen LogP contribution in [0.4, 0.5) is 0 Å². The smallest absolute Gasteiger partial charge is 0.127 e. The number of rotatable bonds is 6. The van der Waals surface area contributed by atoms with Crippen molar-refractivity contribution in [1.82, 2.24) is 0 Å². The first-order chi connectivity index (χ1) is 12.7. The minimum atomic E-state index is 0.154. The third-order valence-corrected chi connectivity index (χ3v) is 5.13. The van der Waals surface area contributed by atoms with Gasteiger partial charge in [-0.2, -0.15) is 0 Å². The van der Waals surface area contributed by atoms with Crippen LogP contribution in [-0.4, -0.2) is 11.7 Å². The first-order valence-electron chi connectivity index (χ1n) is 9.55. The van der Waals surface area contributed by atoms with E-state index in [1.54, 1.807) is 0 Å². The molecule has 3 rings (SSSR count). The zero-order chi connectivity index (χ0) is 18.5. The molecule has 138 valence electrons. The molecule has 0 aromatic heterocycles. The van der Waals surface area contributed by atoms with Crippen LogP contribution in [0.5, 0.6) is 5.75 Å². The van der Waals surface area contributed by atoms with Crippen molar-refractivity contribution in [2.45, 2.75) is 52.6 Å². The molecule has 0 spiro atoms. The predicted octanol–water partition coefficient (Wildman–Crippen LogP) is 6.17. The first kappa shape index (κ1) is 19.0. The Morgan fingerprint density at radius 3 is 2.50 bits per heavy atom. The van der Waals surface area contributed by atoms with E-state index in [4.69, 9.17) is 16.3 Å². The van der Waals surface area contributed by atoms with Gasteiger partial charge in [-0.25, -0.2) is 0 Å². The van der Waals surface area contributed by atoms with Gasteiger partial charge in [0, 0.05) is 17.2 Å². The van der Waals surface area contributed by atoms with Crippen LogP contribution in [0.1, 0.15) is 61.8 Å². The lowest BCUT2D eigenvalue weighted by atomic mass is 9.86. The number of hydrogen-bond acceptors (Lipinski definition) is 2. The van der Waals surface area contributed by atoms with Crippen molar-refractivity contribution in [2.75, 3.05) is 6.61 Å². The Morgan fingerprint density at radius 2 is 1.81 bits per heavy atom. The summed E-state index contributed by atoms with van der Waals surface area (Å²) < 4.78 is 6.14. The SMILES string of the molecule is CCCC(CCC)=C1c2ccc(Cl)cc2COc2ccc(CCO)cc21. The lowest BCUT2D eigenvalue weighted by Crippen LogP contribution is -1.99. The van der Waals surface area contributed by atoms with Crippen molar-refractivity contribution >= 4 is 17.2 Å². The van der Waals surface area contributed by atoms with Gasteiger partial charge in [-0.05, 0) is 65.8 Å². The Kier molecular flexibility index (Phi) is 6.39. The third kappa shape index (κ3) is 3.97. The zero-order valence-electron chi connectivity index (χ0n) is 15.6. The zero-order valence-corrected chi connectivity index (χ0v) is 16.4. The van der Waals surface area contributed by atoms with Crippen LogP contribution in [0.3, 0.4) is 0 Å². The number of aliphatic hydroxyl groups excluding tert-OH is 1. The van der Waals surface area contributed by atoms with Crippen LogP contribution in [0.2, 0.25) is 5.02 Å². The van der Waals surface area contributed by atoms with Gasteiger partial charge in [0.25, 0.3) is 0 Å². The number of fused-ring (bicyclic) bond motifs is 2. The van der Waals surface area contributed by atoms with Gasteiger partial charge in [0.1, 0.15) is 12.4 Å². The second-order valence-corrected chi connectivity index (χ2v) is 7.31. The summed E-state index contributed by atoms with van der Waals surface area (Å²) in [6, 6.07) is 12.4. The molecule has 0 saturated carbocycles. The van der Waals surface area contributed by atoms with E-state index in [2.05, 4.69) is 32.0 Å². The van der Waals surface area contributed by atoms with Gasteiger partial charge in [-0.3, -0.25) is 0 Å². The molecule has 0 aliphatic carbocycles. The molecule has 0 fully saturated rings. The summed E-state index contributed by atoms with van der Waals surface area (Å²) in [5.74, 6) is 0.915. The van der Waals surface area contributed by atoms with E-state index < -0.39 is 0 Å². The average molecular weight is 371 g/mol. The molecule has 0 bridgehead atoms. The Balaban J connectivity index is 2.27. The van der Waals surface area contributed by atoms with Crippen molar-refractivity contribution in [3.63, 3.8) is 0 Å². The van der Waals surface area contributed by atoms with Gasteiger partial charge < -0.3 is 9.84 Å². The van der Waals surface area contributed by atoms with E-state index in [1.807, 2.05) is 18.2 Å². The minimum Gasteiger partial charge on any atom is -0.488 e. The Hall–Kier alpha value is -1.77. The summed E-state index contributed by atoms with van der Waals surface area (Å²) in [5, 5.41) is 10.1. The summed E-state index contributed by atoms with van der Waals surface area (Å²) in [5.41, 5.74) is 7.42. The molecule has 0 amide bonds. The summed E-state index contributed by atoms with van der Waals surface area (Å²) in [6.07, 6.45) is 5.05. The highest BCUT2D eigenvalue weighted by molar-refractivity contribution is 6.30. The lowest BCUT2D eigenvalue weighted by molar-refractivity contribution is 0.298. The Bertz CT molecular complexity index is 800. The van der Waals surface area contributed by atoms with Gasteiger partial charge in [-0.15, -0.1) is 0 Å². The summed E-state index contributed by atoms with van der Waals surface area (Å²) in [4.78, 5) is 0. The molecule has 0 unspecified atom stereocenters. The van der Waals surface area contributed by atoms with Crippen LogP contribution in [0.15, 0.2) is 42.0 Å². The molecule has 26 heavy (non-hydrogen) atoms. The quantitative estimate of drug-likeness (QED) is 0.658. The second kappa shape index (κ2) is 8.75. The molecule has 1 heterocycles. The fourth-order valence-electron chi connectivity index (χ4n) is 3.77. The van der Waals surface area contributed by atoms with E-state index >= 15 is 0 Å². The third-order valence-electron chi connectivity index (χ3n) is 4.89. The number of ether oxygens (including phenoxy) is 1. The van der Waals surface area contributed by atoms with Crippen LogP contribution < -0.4 is 4.74 Å². The van der Waals surface area contributed by atoms with Crippen LogP contribution in [0, 0.1) is 0 Å². The number of benzene rings is 2. The fraction of sp³-hybridized carbons (Fsp3) is 0.391. The standard InChI is InChI=1S/C23H27ClO2/c1-3-5-17(6-4-2)23-20-9-8-19(24)14-18(20)15-26-22-10-7-16(11-12-25)13-21(22)23/h7-10,13-14,25H,3-6,11-12,15H2,1-2H3. The van der Waals surface area contributed by atoms with Crippen LogP contribution in [-0.2, 0) is 13.0 Å². The molecule has 2 nitrogen and oxygen atoms in total. The molecular weight excluding hydrogens is 344 g/mol. The number of hydrogen-bond donors (Lipinski definition) is 1. The molecule has 2 aromatic rings. The highest BCUT2D eigenvalue weighted by Crippen LogP contribution is 2.41. The molecule has 3 heteroatoms. The predicted molar refractivity (Wildman–Crippen MR) is 109 cm³/mol. The monoisotopic (exact) mass is 370 g/mol. The molecule has 1 N–H and O–H groups in total. The van der Waals surface area contributed by atoms with Gasteiger partial charge in [0.05, 0.1) is 0 Å². The van der Waals surface area contributed by atoms with Gasteiger partial charge in [0.15, 0.2) is 0 Å². The molecule has 0 saturated heterocycles. The summed E-state index contributed by atoms with van der Waals surface area (Å²) >= 11 is 6.26. The molecule has 1 aliphatic heterocycles. The van der Waals surface area contributed by atoms with Crippen molar-refractivity contribution in [3.05, 3.63) is 69.2 Å². The minimum absolute atomic E-state index is 0.154. The van der Waals surface area contributed by atoms with Gasteiger partial charge in [-0.1, -0.05) is 56.0 Å². The fourth-order valence-corrected chi connectivity index (χ4v) is 3.96. The second-order valence-electron chi connectivity index (χ2n) is 6.87. The largest absolute Gasteiger partial charge is 0.488 e. The lowest BCUT2D eigenvalue weighted by Gasteiger charge is -2.18. The maximum Gasteiger partial charge on any atom is 0.127 e. The number of aliphatic hydroxyl groups is 1. The number of halogens is 1. The molecule has 1 aliphatic rings. The summed E-state index contributed by atoms with van der Waals surface area (Å²) in [7, 11) is 0. The van der Waals surface area contributed by atoms with E-state index in [-0.39, 0.29) is 6.61 Å². The topological polar surface area (TPSA) is 29.5 Å². The Morgan fingerprint density at radius 1 is 1.04 bits per heavy atom. The Labute approximate surface area is 161 Å². The van der Waals surface area contributed by atoms with E-state index in [0.717, 1.165) is 53.1 Å². The van der Waals surface area contributed by atoms with Crippen molar-refractivity contribution in [3.8, 4) is 5.75 Å². The van der Waals surface area contributed by atoms with Crippen molar-refractivity contribution < 1.29 is 9.84 Å². The maximum atomic E-state index is 9.35. The average Bonchev–Trinajstić information content (AvgIpc) is 2.78. The van der Waals surface area contributed by atoms with E-state index in [9.17, 15) is 5.11 Å².